The zero-order valence-electron chi connectivity index (χ0n) is 14.9. The van der Waals surface area contributed by atoms with Crippen molar-refractivity contribution in [2.75, 3.05) is 44.0 Å². The van der Waals surface area contributed by atoms with Gasteiger partial charge in [0, 0.05) is 43.3 Å². The summed E-state index contributed by atoms with van der Waals surface area (Å²) in [6.45, 7) is 2.87. The molecule has 4 rings (SSSR count). The van der Waals surface area contributed by atoms with Gasteiger partial charge in [-0.15, -0.1) is 0 Å². The topological polar surface area (TPSA) is 112 Å². The standard InChI is InChI=1S/C18H19N7O2/c1-26-14-6-12(8-20-11-14)15-7-16(25-2-4-27-5-3-25)24-17(23-15)13-9-21-18(19)22-10-13/h6-11H,2-5H2,1H3,(H2,19,21,22). The summed E-state index contributed by atoms with van der Waals surface area (Å²) in [7, 11) is 1.61. The predicted molar refractivity (Wildman–Crippen MR) is 100 cm³/mol. The van der Waals surface area contributed by atoms with Gasteiger partial charge in [0.05, 0.1) is 37.8 Å². The molecule has 4 heterocycles. The number of methoxy groups -OCH3 is 1. The van der Waals surface area contributed by atoms with Gasteiger partial charge in [-0.2, -0.15) is 0 Å². The van der Waals surface area contributed by atoms with Crippen LogP contribution in [0.5, 0.6) is 5.75 Å². The fourth-order valence-electron chi connectivity index (χ4n) is 2.79. The molecule has 0 unspecified atom stereocenters. The highest BCUT2D eigenvalue weighted by molar-refractivity contribution is 5.68. The lowest BCUT2D eigenvalue weighted by Crippen LogP contribution is -2.36. The Hall–Kier alpha value is -3.33. The number of morpholine rings is 1. The van der Waals surface area contributed by atoms with Crippen molar-refractivity contribution in [3.05, 3.63) is 36.9 Å². The zero-order valence-corrected chi connectivity index (χ0v) is 14.9. The maximum absolute atomic E-state index is 5.60. The number of nitrogen functional groups attached to an aromatic ring is 1. The molecular weight excluding hydrogens is 346 g/mol. The number of rotatable bonds is 4. The smallest absolute Gasteiger partial charge is 0.219 e. The Morgan fingerprint density at radius 3 is 2.52 bits per heavy atom. The fraction of sp³-hybridized carbons (Fsp3) is 0.278. The minimum absolute atomic E-state index is 0.209. The molecule has 0 atom stereocenters. The van der Waals surface area contributed by atoms with Crippen LogP contribution in [0.3, 0.4) is 0 Å². The number of hydrogen-bond acceptors (Lipinski definition) is 9. The molecule has 27 heavy (non-hydrogen) atoms. The van der Waals surface area contributed by atoms with Crippen LogP contribution >= 0.6 is 0 Å². The van der Waals surface area contributed by atoms with E-state index in [1.807, 2.05) is 12.1 Å². The van der Waals surface area contributed by atoms with Crippen LogP contribution in [0.25, 0.3) is 22.6 Å². The monoisotopic (exact) mass is 365 g/mol. The van der Waals surface area contributed by atoms with Gasteiger partial charge in [-0.25, -0.2) is 19.9 Å². The van der Waals surface area contributed by atoms with Crippen LogP contribution in [0.15, 0.2) is 36.9 Å². The number of nitrogens with zero attached hydrogens (tertiary/aromatic N) is 6. The number of anilines is 2. The van der Waals surface area contributed by atoms with Crippen LogP contribution in [0.2, 0.25) is 0 Å². The summed E-state index contributed by atoms with van der Waals surface area (Å²) in [5.74, 6) is 2.21. The Kier molecular flexibility index (Phi) is 4.75. The molecule has 0 amide bonds. The lowest BCUT2D eigenvalue weighted by atomic mass is 10.2. The van der Waals surface area contributed by atoms with E-state index in [1.54, 1.807) is 31.9 Å². The number of nitrogens with two attached hydrogens (primary N) is 1. The van der Waals surface area contributed by atoms with E-state index >= 15 is 0 Å². The van der Waals surface area contributed by atoms with E-state index in [2.05, 4.69) is 24.8 Å². The van der Waals surface area contributed by atoms with Crippen molar-refractivity contribution in [1.29, 1.82) is 0 Å². The van der Waals surface area contributed by atoms with E-state index in [9.17, 15) is 0 Å². The van der Waals surface area contributed by atoms with Crippen molar-refractivity contribution in [3.63, 3.8) is 0 Å². The molecule has 0 saturated carbocycles. The largest absolute Gasteiger partial charge is 0.495 e. The molecular formula is C18H19N7O2. The summed E-state index contributed by atoms with van der Waals surface area (Å²) < 4.78 is 10.7. The minimum Gasteiger partial charge on any atom is -0.495 e. The average Bonchev–Trinajstić information content (AvgIpc) is 2.74. The second-order valence-corrected chi connectivity index (χ2v) is 5.98. The molecule has 9 nitrogen and oxygen atoms in total. The van der Waals surface area contributed by atoms with Gasteiger partial charge in [0.1, 0.15) is 11.6 Å². The molecule has 0 aliphatic carbocycles. The molecule has 1 fully saturated rings. The normalized spacial score (nSPS) is 14.2. The molecule has 3 aromatic rings. The van der Waals surface area contributed by atoms with Crippen LogP contribution in [-0.2, 0) is 4.74 Å². The third-order valence-electron chi connectivity index (χ3n) is 4.22. The minimum atomic E-state index is 0.209. The van der Waals surface area contributed by atoms with Gasteiger partial charge in [0.2, 0.25) is 5.95 Å². The number of ether oxygens (including phenoxy) is 2. The highest BCUT2D eigenvalue weighted by atomic mass is 16.5. The van der Waals surface area contributed by atoms with E-state index in [1.165, 1.54) is 0 Å². The van der Waals surface area contributed by atoms with Crippen molar-refractivity contribution in [1.82, 2.24) is 24.9 Å². The van der Waals surface area contributed by atoms with E-state index in [-0.39, 0.29) is 5.95 Å². The number of aromatic nitrogens is 5. The Morgan fingerprint density at radius 1 is 1.00 bits per heavy atom. The van der Waals surface area contributed by atoms with Crippen LogP contribution in [0.1, 0.15) is 0 Å². The van der Waals surface area contributed by atoms with Gasteiger partial charge in [-0.05, 0) is 6.07 Å². The summed E-state index contributed by atoms with van der Waals surface area (Å²) in [5.41, 5.74) is 7.87. The molecule has 138 valence electrons. The van der Waals surface area contributed by atoms with Crippen LogP contribution < -0.4 is 15.4 Å². The maximum Gasteiger partial charge on any atom is 0.219 e. The van der Waals surface area contributed by atoms with E-state index in [0.29, 0.717) is 30.4 Å². The van der Waals surface area contributed by atoms with E-state index < -0.39 is 0 Å². The van der Waals surface area contributed by atoms with Crippen molar-refractivity contribution in [2.24, 2.45) is 0 Å². The molecule has 0 aromatic carbocycles. The van der Waals surface area contributed by atoms with E-state index in [4.69, 9.17) is 20.2 Å². The fourth-order valence-corrected chi connectivity index (χ4v) is 2.79. The lowest BCUT2D eigenvalue weighted by Gasteiger charge is -2.28. The third kappa shape index (κ3) is 3.77. The first-order chi connectivity index (χ1) is 13.2. The Balaban J connectivity index is 1.81. The van der Waals surface area contributed by atoms with Crippen LogP contribution in [-0.4, -0.2) is 58.3 Å². The molecule has 0 bridgehead atoms. The average molecular weight is 365 g/mol. The van der Waals surface area contributed by atoms with E-state index in [0.717, 1.165) is 30.2 Å². The molecule has 3 aromatic heterocycles. The van der Waals surface area contributed by atoms with Gasteiger partial charge in [0.15, 0.2) is 5.82 Å². The van der Waals surface area contributed by atoms with Crippen LogP contribution in [0.4, 0.5) is 11.8 Å². The van der Waals surface area contributed by atoms with Crippen molar-refractivity contribution >= 4 is 11.8 Å². The molecule has 0 radical (unpaired) electrons. The third-order valence-corrected chi connectivity index (χ3v) is 4.22. The second kappa shape index (κ2) is 7.50. The van der Waals surface area contributed by atoms with Gasteiger partial charge < -0.3 is 20.1 Å². The van der Waals surface area contributed by atoms with Gasteiger partial charge in [-0.1, -0.05) is 0 Å². The summed E-state index contributed by atoms with van der Waals surface area (Å²) in [6.07, 6.45) is 6.64. The predicted octanol–water partition coefficient (Wildman–Crippen LogP) is 1.42. The summed E-state index contributed by atoms with van der Waals surface area (Å²) in [6, 6.07) is 3.84. The SMILES string of the molecule is COc1cncc(-c2cc(N3CCOCC3)nc(-c3cnc(N)nc3)n2)c1. The van der Waals surface area contributed by atoms with Gasteiger partial charge >= 0.3 is 0 Å². The summed E-state index contributed by atoms with van der Waals surface area (Å²) in [4.78, 5) is 23.9. The summed E-state index contributed by atoms with van der Waals surface area (Å²) >= 11 is 0. The summed E-state index contributed by atoms with van der Waals surface area (Å²) in [5, 5.41) is 0. The van der Waals surface area contributed by atoms with Gasteiger partial charge in [0.25, 0.3) is 0 Å². The maximum atomic E-state index is 5.60. The van der Waals surface area contributed by atoms with Crippen molar-refractivity contribution in [3.8, 4) is 28.4 Å². The molecule has 1 aliphatic heterocycles. The van der Waals surface area contributed by atoms with Crippen LogP contribution in [0, 0.1) is 0 Å². The second-order valence-electron chi connectivity index (χ2n) is 5.98. The van der Waals surface area contributed by atoms with Crippen molar-refractivity contribution < 1.29 is 9.47 Å². The Labute approximate surface area is 156 Å². The number of pyridine rings is 1. The first kappa shape index (κ1) is 17.1. The Morgan fingerprint density at radius 2 is 1.78 bits per heavy atom. The van der Waals surface area contributed by atoms with Gasteiger partial charge in [-0.3, -0.25) is 4.98 Å². The van der Waals surface area contributed by atoms with Crippen molar-refractivity contribution in [2.45, 2.75) is 0 Å². The quantitative estimate of drug-likeness (QED) is 0.733. The highest BCUT2D eigenvalue weighted by Crippen LogP contribution is 2.27. The first-order valence-corrected chi connectivity index (χ1v) is 8.52. The molecule has 1 aliphatic rings. The Bertz CT molecular complexity index is 927. The highest BCUT2D eigenvalue weighted by Gasteiger charge is 2.17. The molecule has 0 spiro atoms. The number of hydrogen-bond donors (Lipinski definition) is 1. The zero-order chi connectivity index (χ0) is 18.6. The molecule has 2 N–H and O–H groups in total. The molecule has 9 heteroatoms. The molecule has 1 saturated heterocycles. The lowest BCUT2D eigenvalue weighted by molar-refractivity contribution is 0.122. The first-order valence-electron chi connectivity index (χ1n) is 8.52.